The maximum Gasteiger partial charge on any atom is 0.257 e. The van der Waals surface area contributed by atoms with E-state index in [2.05, 4.69) is 31.9 Å². The minimum Gasteiger partial charge on any atom is -0.492 e. The van der Waals surface area contributed by atoms with Crippen molar-refractivity contribution < 1.29 is 14.3 Å². The Labute approximate surface area is 184 Å². The Morgan fingerprint density at radius 3 is 2.52 bits per heavy atom. The number of carbonyl (C=O) groups excluding carboxylic acids is 2. The van der Waals surface area contributed by atoms with Gasteiger partial charge in [-0.05, 0) is 71.3 Å². The number of para-hydroxylation sites is 1. The van der Waals surface area contributed by atoms with E-state index >= 15 is 0 Å². The van der Waals surface area contributed by atoms with Crippen LogP contribution in [-0.2, 0) is 0 Å². The van der Waals surface area contributed by atoms with E-state index in [1.807, 2.05) is 13.8 Å². The number of rotatable bonds is 8. The van der Waals surface area contributed by atoms with E-state index in [-0.39, 0.29) is 16.9 Å². The van der Waals surface area contributed by atoms with Gasteiger partial charge < -0.3 is 15.4 Å². The molecule has 8 heteroatoms. The van der Waals surface area contributed by atoms with Crippen LogP contribution in [0.15, 0.2) is 46.9 Å². The lowest BCUT2D eigenvalue weighted by Gasteiger charge is -2.14. The zero-order chi connectivity index (χ0) is 21.2. The van der Waals surface area contributed by atoms with Crippen molar-refractivity contribution in [3.8, 4) is 5.75 Å². The van der Waals surface area contributed by atoms with Crippen LogP contribution in [0.1, 0.15) is 47.4 Å². The molecule has 0 radical (unpaired) electrons. The van der Waals surface area contributed by atoms with Gasteiger partial charge in [0.25, 0.3) is 11.8 Å². The summed E-state index contributed by atoms with van der Waals surface area (Å²) in [6.45, 7) is 5.19. The number of carbonyl (C=O) groups is 2. The standard InChI is InChI=1S/C21H24BrN3O3S/c1-3-11-23-20(27)15-7-5-6-8-17(15)24-21(29)25-19(26)14-9-10-18(16(22)13-14)28-12-4-2/h5-10,13H,3-4,11-12H2,1-2H3,(H,23,27)(H2,24,25,26,29). The summed E-state index contributed by atoms with van der Waals surface area (Å²) >= 11 is 8.66. The number of hydrogen-bond acceptors (Lipinski definition) is 4. The summed E-state index contributed by atoms with van der Waals surface area (Å²) in [5.74, 6) is 0.116. The van der Waals surface area contributed by atoms with E-state index in [4.69, 9.17) is 17.0 Å². The first kappa shape index (κ1) is 22.8. The van der Waals surface area contributed by atoms with Gasteiger partial charge in [0.05, 0.1) is 22.3 Å². The molecule has 2 aromatic rings. The lowest BCUT2D eigenvalue weighted by Crippen LogP contribution is -2.35. The van der Waals surface area contributed by atoms with Gasteiger partial charge in [-0.25, -0.2) is 0 Å². The van der Waals surface area contributed by atoms with Gasteiger partial charge in [0.2, 0.25) is 0 Å². The van der Waals surface area contributed by atoms with E-state index in [1.165, 1.54) is 0 Å². The molecule has 0 saturated carbocycles. The molecule has 0 spiro atoms. The number of halogens is 1. The summed E-state index contributed by atoms with van der Waals surface area (Å²) in [6.07, 6.45) is 1.74. The monoisotopic (exact) mass is 477 g/mol. The molecule has 29 heavy (non-hydrogen) atoms. The van der Waals surface area contributed by atoms with Gasteiger partial charge in [0, 0.05) is 12.1 Å². The quantitative estimate of drug-likeness (QED) is 0.487. The number of nitrogens with one attached hydrogen (secondary N) is 3. The highest BCUT2D eigenvalue weighted by atomic mass is 79.9. The van der Waals surface area contributed by atoms with Gasteiger partial charge >= 0.3 is 0 Å². The number of anilines is 1. The first-order valence-corrected chi connectivity index (χ1v) is 10.6. The van der Waals surface area contributed by atoms with Crippen molar-refractivity contribution in [3.05, 3.63) is 58.1 Å². The molecule has 2 aromatic carbocycles. The molecule has 0 atom stereocenters. The summed E-state index contributed by atoms with van der Waals surface area (Å²) in [5, 5.41) is 8.49. The predicted molar refractivity (Wildman–Crippen MR) is 123 cm³/mol. The molecule has 6 nitrogen and oxygen atoms in total. The molecular formula is C21H24BrN3O3S. The van der Waals surface area contributed by atoms with Crippen molar-refractivity contribution >= 4 is 50.8 Å². The van der Waals surface area contributed by atoms with Gasteiger partial charge in [-0.1, -0.05) is 26.0 Å². The van der Waals surface area contributed by atoms with Crippen LogP contribution >= 0.6 is 28.1 Å². The average Bonchev–Trinajstić information content (AvgIpc) is 2.71. The zero-order valence-electron chi connectivity index (χ0n) is 16.4. The maximum atomic E-state index is 12.5. The molecule has 0 heterocycles. The molecule has 0 aliphatic carbocycles. The topological polar surface area (TPSA) is 79.5 Å². The van der Waals surface area contributed by atoms with Gasteiger partial charge in [0.1, 0.15) is 5.75 Å². The molecule has 3 N–H and O–H groups in total. The number of benzene rings is 2. The van der Waals surface area contributed by atoms with Gasteiger partial charge in [-0.3, -0.25) is 14.9 Å². The molecular weight excluding hydrogens is 454 g/mol. The van der Waals surface area contributed by atoms with E-state index in [1.54, 1.807) is 42.5 Å². The number of ether oxygens (including phenoxy) is 1. The normalized spacial score (nSPS) is 10.2. The highest BCUT2D eigenvalue weighted by molar-refractivity contribution is 9.10. The second kappa shape index (κ2) is 11.5. The third-order valence-corrected chi connectivity index (χ3v) is 4.66. The molecule has 0 saturated heterocycles. The molecule has 154 valence electrons. The number of hydrogen-bond donors (Lipinski definition) is 3. The van der Waals surface area contributed by atoms with Crippen LogP contribution in [0.25, 0.3) is 0 Å². The zero-order valence-corrected chi connectivity index (χ0v) is 18.8. The molecule has 0 aliphatic rings. The summed E-state index contributed by atoms with van der Waals surface area (Å²) in [6, 6.07) is 12.1. The summed E-state index contributed by atoms with van der Waals surface area (Å²) in [7, 11) is 0. The number of amides is 2. The summed E-state index contributed by atoms with van der Waals surface area (Å²) < 4.78 is 6.28. The lowest BCUT2D eigenvalue weighted by molar-refractivity contribution is 0.0952. The first-order valence-electron chi connectivity index (χ1n) is 9.38. The van der Waals surface area contributed by atoms with Crippen LogP contribution < -0.4 is 20.7 Å². The van der Waals surface area contributed by atoms with E-state index < -0.39 is 0 Å². The SMILES string of the molecule is CCCNC(=O)c1ccccc1NC(=S)NC(=O)c1ccc(OCCC)c(Br)c1. The molecule has 2 amide bonds. The third-order valence-electron chi connectivity index (χ3n) is 3.84. The van der Waals surface area contributed by atoms with Crippen molar-refractivity contribution in [2.24, 2.45) is 0 Å². The largest absolute Gasteiger partial charge is 0.492 e. The van der Waals surface area contributed by atoms with Crippen LogP contribution in [0, 0.1) is 0 Å². The maximum absolute atomic E-state index is 12.5. The fraction of sp³-hybridized carbons (Fsp3) is 0.286. The van der Waals surface area contributed by atoms with E-state index in [0.29, 0.717) is 40.2 Å². The van der Waals surface area contributed by atoms with E-state index in [9.17, 15) is 9.59 Å². The Kier molecular flexibility index (Phi) is 9.08. The van der Waals surface area contributed by atoms with Crippen LogP contribution in [-0.4, -0.2) is 30.1 Å². The molecule has 0 bridgehead atoms. The molecule has 2 rings (SSSR count). The Morgan fingerprint density at radius 2 is 1.83 bits per heavy atom. The lowest BCUT2D eigenvalue weighted by atomic mass is 10.1. The van der Waals surface area contributed by atoms with Gasteiger partial charge in [0.15, 0.2) is 5.11 Å². The fourth-order valence-corrected chi connectivity index (χ4v) is 3.12. The molecule has 0 fully saturated rings. The van der Waals surface area contributed by atoms with Crippen molar-refractivity contribution in [1.82, 2.24) is 10.6 Å². The van der Waals surface area contributed by atoms with Crippen molar-refractivity contribution in [2.75, 3.05) is 18.5 Å². The highest BCUT2D eigenvalue weighted by Gasteiger charge is 2.14. The van der Waals surface area contributed by atoms with Crippen LogP contribution in [0.3, 0.4) is 0 Å². The summed E-state index contributed by atoms with van der Waals surface area (Å²) in [4.78, 5) is 24.8. The first-order chi connectivity index (χ1) is 14.0. The smallest absolute Gasteiger partial charge is 0.257 e. The van der Waals surface area contributed by atoms with Crippen molar-refractivity contribution in [2.45, 2.75) is 26.7 Å². The Bertz CT molecular complexity index is 889. The second-order valence-electron chi connectivity index (χ2n) is 6.20. The second-order valence-corrected chi connectivity index (χ2v) is 7.47. The predicted octanol–water partition coefficient (Wildman–Crippen LogP) is 4.50. The van der Waals surface area contributed by atoms with Gasteiger partial charge in [-0.2, -0.15) is 0 Å². The molecule has 0 aliphatic heterocycles. The van der Waals surface area contributed by atoms with Crippen molar-refractivity contribution in [1.29, 1.82) is 0 Å². The fourth-order valence-electron chi connectivity index (χ4n) is 2.42. The van der Waals surface area contributed by atoms with Crippen LogP contribution in [0.2, 0.25) is 0 Å². The minimum absolute atomic E-state index is 0.105. The third kappa shape index (κ3) is 6.83. The Balaban J connectivity index is 2.03. The van der Waals surface area contributed by atoms with Crippen LogP contribution in [0.5, 0.6) is 5.75 Å². The van der Waals surface area contributed by atoms with Crippen molar-refractivity contribution in [3.63, 3.8) is 0 Å². The Hall–Kier alpha value is -2.45. The Morgan fingerprint density at radius 1 is 1.07 bits per heavy atom. The van der Waals surface area contributed by atoms with E-state index in [0.717, 1.165) is 12.8 Å². The highest BCUT2D eigenvalue weighted by Crippen LogP contribution is 2.26. The molecule has 0 aromatic heterocycles. The van der Waals surface area contributed by atoms with Gasteiger partial charge in [-0.15, -0.1) is 0 Å². The summed E-state index contributed by atoms with van der Waals surface area (Å²) in [5.41, 5.74) is 1.41. The number of thiocarbonyl (C=S) groups is 1. The average molecular weight is 478 g/mol. The minimum atomic E-state index is -0.363. The van der Waals surface area contributed by atoms with Crippen LogP contribution in [0.4, 0.5) is 5.69 Å². The molecule has 0 unspecified atom stereocenters.